The first-order valence-electron chi connectivity index (χ1n) is 8.31. The number of amides is 1. The number of ether oxygens (including phenoxy) is 2. The molecule has 4 nitrogen and oxygen atoms in total. The van der Waals surface area contributed by atoms with Crippen LogP contribution in [0, 0.1) is 6.92 Å². The molecule has 0 N–H and O–H groups in total. The summed E-state index contributed by atoms with van der Waals surface area (Å²) in [5.41, 5.74) is 1.12. The third-order valence-electron chi connectivity index (χ3n) is 4.21. The minimum Gasteiger partial charge on any atom is -0.484 e. The predicted molar refractivity (Wildman–Crippen MR) is 95.4 cm³/mol. The second-order valence-corrected chi connectivity index (χ2v) is 7.08. The topological polar surface area (TPSA) is 38.8 Å². The first-order valence-corrected chi connectivity index (χ1v) is 9.19. The largest absolute Gasteiger partial charge is 0.484 e. The molecule has 0 spiro atoms. The first-order chi connectivity index (χ1) is 11.7. The van der Waals surface area contributed by atoms with Crippen LogP contribution in [-0.4, -0.2) is 36.7 Å². The van der Waals surface area contributed by atoms with E-state index in [-0.39, 0.29) is 18.6 Å². The summed E-state index contributed by atoms with van der Waals surface area (Å²) in [6, 6.07) is 12.1. The van der Waals surface area contributed by atoms with E-state index in [4.69, 9.17) is 9.47 Å². The van der Waals surface area contributed by atoms with Gasteiger partial charge < -0.3 is 14.4 Å². The van der Waals surface area contributed by atoms with E-state index in [0.29, 0.717) is 6.54 Å². The van der Waals surface area contributed by atoms with Gasteiger partial charge >= 0.3 is 0 Å². The minimum absolute atomic E-state index is 0.0387. The van der Waals surface area contributed by atoms with Crippen LogP contribution in [0.3, 0.4) is 0 Å². The van der Waals surface area contributed by atoms with Gasteiger partial charge in [-0.1, -0.05) is 18.2 Å². The number of carbonyl (C=O) groups is 1. The Morgan fingerprint density at radius 3 is 2.83 bits per heavy atom. The lowest BCUT2D eigenvalue weighted by molar-refractivity contribution is -0.138. The molecule has 1 aliphatic rings. The van der Waals surface area contributed by atoms with Crippen LogP contribution in [0.5, 0.6) is 5.75 Å². The Bertz CT molecular complexity index is 650. The molecular weight excluding hydrogens is 322 g/mol. The molecule has 0 atom stereocenters. The Hall–Kier alpha value is -1.85. The van der Waals surface area contributed by atoms with E-state index < -0.39 is 0 Å². The maximum atomic E-state index is 12.8. The van der Waals surface area contributed by atoms with Crippen LogP contribution in [0.4, 0.5) is 0 Å². The molecule has 1 aromatic heterocycles. The summed E-state index contributed by atoms with van der Waals surface area (Å²) < 4.78 is 11.2. The molecule has 3 rings (SSSR count). The average molecular weight is 345 g/mol. The van der Waals surface area contributed by atoms with Crippen LogP contribution in [0.15, 0.2) is 41.8 Å². The standard InChI is InChI=1S/C19H23NO3S/c1-15-4-2-5-17(12-15)23-14-19(21)20(13-18-6-3-11-24-18)16-7-9-22-10-8-16/h2-6,11-12,16H,7-10,13-14H2,1H3. The number of hydrogen-bond donors (Lipinski definition) is 0. The van der Waals surface area contributed by atoms with Crippen LogP contribution >= 0.6 is 11.3 Å². The van der Waals surface area contributed by atoms with Crippen molar-refractivity contribution in [2.75, 3.05) is 19.8 Å². The van der Waals surface area contributed by atoms with Crippen molar-refractivity contribution in [2.24, 2.45) is 0 Å². The number of aryl methyl sites for hydroxylation is 1. The molecule has 0 unspecified atom stereocenters. The molecule has 1 fully saturated rings. The van der Waals surface area contributed by atoms with Crippen molar-refractivity contribution in [3.05, 3.63) is 52.2 Å². The second kappa shape index (κ2) is 8.31. The van der Waals surface area contributed by atoms with Crippen molar-refractivity contribution in [2.45, 2.75) is 32.4 Å². The predicted octanol–water partition coefficient (Wildman–Crippen LogP) is 3.64. The van der Waals surface area contributed by atoms with Gasteiger partial charge in [0.2, 0.25) is 0 Å². The van der Waals surface area contributed by atoms with Gasteiger partial charge in [0.1, 0.15) is 5.75 Å². The molecule has 1 aliphatic heterocycles. The smallest absolute Gasteiger partial charge is 0.261 e. The molecule has 2 aromatic rings. The zero-order valence-electron chi connectivity index (χ0n) is 13.9. The lowest BCUT2D eigenvalue weighted by Gasteiger charge is -2.34. The summed E-state index contributed by atoms with van der Waals surface area (Å²) in [6.07, 6.45) is 1.78. The lowest BCUT2D eigenvalue weighted by atomic mass is 10.1. The fourth-order valence-electron chi connectivity index (χ4n) is 2.92. The average Bonchev–Trinajstić information content (AvgIpc) is 3.12. The van der Waals surface area contributed by atoms with Crippen LogP contribution < -0.4 is 4.74 Å². The summed E-state index contributed by atoms with van der Waals surface area (Å²) in [6.45, 7) is 4.18. The number of rotatable bonds is 6. The first kappa shape index (κ1) is 17.0. The molecule has 0 radical (unpaired) electrons. The SMILES string of the molecule is Cc1cccc(OCC(=O)N(Cc2cccs2)C2CCOCC2)c1. The maximum absolute atomic E-state index is 12.8. The number of carbonyl (C=O) groups excluding carboxylic acids is 1. The van der Waals surface area contributed by atoms with Gasteiger partial charge in [0, 0.05) is 24.1 Å². The number of thiophene rings is 1. The van der Waals surface area contributed by atoms with E-state index in [1.54, 1.807) is 11.3 Å². The Morgan fingerprint density at radius 2 is 2.12 bits per heavy atom. The van der Waals surface area contributed by atoms with Crippen molar-refractivity contribution < 1.29 is 14.3 Å². The molecule has 0 saturated carbocycles. The van der Waals surface area contributed by atoms with Crippen LogP contribution in [0.2, 0.25) is 0 Å². The summed E-state index contributed by atoms with van der Waals surface area (Å²) in [7, 11) is 0. The summed E-state index contributed by atoms with van der Waals surface area (Å²) in [5.74, 6) is 0.781. The Labute approximate surface area is 147 Å². The van der Waals surface area contributed by atoms with E-state index >= 15 is 0 Å². The third-order valence-corrected chi connectivity index (χ3v) is 5.07. The fourth-order valence-corrected chi connectivity index (χ4v) is 3.62. The van der Waals surface area contributed by atoms with E-state index in [1.807, 2.05) is 47.5 Å². The normalized spacial score (nSPS) is 15.2. The zero-order valence-corrected chi connectivity index (χ0v) is 14.8. The molecule has 1 aromatic carbocycles. The molecule has 0 bridgehead atoms. The van der Waals surface area contributed by atoms with Crippen molar-refractivity contribution in [1.82, 2.24) is 4.90 Å². The van der Waals surface area contributed by atoms with Gasteiger partial charge in [-0.2, -0.15) is 0 Å². The number of hydrogen-bond acceptors (Lipinski definition) is 4. The highest BCUT2D eigenvalue weighted by Crippen LogP contribution is 2.21. The van der Waals surface area contributed by atoms with Crippen molar-refractivity contribution in [3.63, 3.8) is 0 Å². The van der Waals surface area contributed by atoms with Crippen LogP contribution in [0.1, 0.15) is 23.3 Å². The third kappa shape index (κ3) is 4.58. The van der Waals surface area contributed by atoms with Gasteiger partial charge in [-0.15, -0.1) is 11.3 Å². The van der Waals surface area contributed by atoms with Crippen molar-refractivity contribution >= 4 is 17.2 Å². The second-order valence-electron chi connectivity index (χ2n) is 6.05. The molecular formula is C19H23NO3S. The summed E-state index contributed by atoms with van der Waals surface area (Å²) >= 11 is 1.68. The highest BCUT2D eigenvalue weighted by atomic mass is 32.1. The van der Waals surface area contributed by atoms with E-state index in [0.717, 1.165) is 37.4 Å². The molecule has 2 heterocycles. The molecule has 1 saturated heterocycles. The molecule has 5 heteroatoms. The highest BCUT2D eigenvalue weighted by molar-refractivity contribution is 7.09. The minimum atomic E-state index is 0.0387. The van der Waals surface area contributed by atoms with Gasteiger partial charge in [-0.05, 0) is 48.9 Å². The molecule has 1 amide bonds. The van der Waals surface area contributed by atoms with Gasteiger partial charge in [0.25, 0.3) is 5.91 Å². The van der Waals surface area contributed by atoms with E-state index in [1.165, 1.54) is 4.88 Å². The van der Waals surface area contributed by atoms with Crippen LogP contribution in [0.25, 0.3) is 0 Å². The maximum Gasteiger partial charge on any atom is 0.261 e. The lowest BCUT2D eigenvalue weighted by Crippen LogP contribution is -2.44. The highest BCUT2D eigenvalue weighted by Gasteiger charge is 2.26. The Balaban J connectivity index is 1.65. The monoisotopic (exact) mass is 345 g/mol. The van der Waals surface area contributed by atoms with Crippen molar-refractivity contribution in [3.8, 4) is 5.75 Å². The van der Waals surface area contributed by atoms with Crippen LogP contribution in [-0.2, 0) is 16.1 Å². The summed E-state index contributed by atoms with van der Waals surface area (Å²) in [5, 5.41) is 2.05. The van der Waals surface area contributed by atoms with Gasteiger partial charge in [-0.3, -0.25) is 4.79 Å². The van der Waals surface area contributed by atoms with Gasteiger partial charge in [0.15, 0.2) is 6.61 Å². The fraction of sp³-hybridized carbons (Fsp3) is 0.421. The molecule has 24 heavy (non-hydrogen) atoms. The number of nitrogens with zero attached hydrogens (tertiary/aromatic N) is 1. The van der Waals surface area contributed by atoms with Gasteiger partial charge in [-0.25, -0.2) is 0 Å². The van der Waals surface area contributed by atoms with Crippen molar-refractivity contribution in [1.29, 1.82) is 0 Å². The molecule has 128 valence electrons. The molecule has 0 aliphatic carbocycles. The quantitative estimate of drug-likeness (QED) is 0.802. The Kier molecular flexibility index (Phi) is 5.88. The van der Waals surface area contributed by atoms with E-state index in [2.05, 4.69) is 6.07 Å². The Morgan fingerprint density at radius 1 is 1.29 bits per heavy atom. The van der Waals surface area contributed by atoms with E-state index in [9.17, 15) is 4.79 Å². The number of benzene rings is 1. The van der Waals surface area contributed by atoms with Gasteiger partial charge in [0.05, 0.1) is 6.54 Å². The summed E-state index contributed by atoms with van der Waals surface area (Å²) in [4.78, 5) is 16.0. The zero-order chi connectivity index (χ0) is 16.8.